The Bertz CT molecular complexity index is 1170. The van der Waals surface area contributed by atoms with E-state index in [1.165, 1.54) is 0 Å². The minimum absolute atomic E-state index is 0.0264. The van der Waals surface area contributed by atoms with Crippen LogP contribution in [-0.2, 0) is 6.54 Å². The highest BCUT2D eigenvalue weighted by atomic mass is 35.5. The second-order valence-electron chi connectivity index (χ2n) is 7.25. The largest absolute Gasteiger partial charge is 0.489 e. The maximum Gasteiger partial charge on any atom is 0.258 e. The van der Waals surface area contributed by atoms with Crippen molar-refractivity contribution in [2.24, 2.45) is 0 Å². The minimum atomic E-state index is -1.34. The van der Waals surface area contributed by atoms with Crippen LogP contribution in [-0.4, -0.2) is 37.3 Å². The summed E-state index contributed by atoms with van der Waals surface area (Å²) < 4.78 is 13.2. The van der Waals surface area contributed by atoms with Crippen LogP contribution in [0.1, 0.15) is 20.3 Å². The number of fused-ring (bicyclic) bond motifs is 1. The molecule has 0 fully saturated rings. The van der Waals surface area contributed by atoms with Crippen molar-refractivity contribution >= 4 is 22.5 Å². The van der Waals surface area contributed by atoms with Gasteiger partial charge in [0.15, 0.2) is 6.29 Å². The van der Waals surface area contributed by atoms with E-state index in [1.807, 2.05) is 54.9 Å². The normalized spacial score (nSPS) is 11.7. The molecule has 0 aliphatic heterocycles. The van der Waals surface area contributed by atoms with Crippen LogP contribution < -0.4 is 4.74 Å². The van der Waals surface area contributed by atoms with E-state index in [-0.39, 0.29) is 12.5 Å². The van der Waals surface area contributed by atoms with Crippen molar-refractivity contribution in [2.45, 2.75) is 39.2 Å². The Morgan fingerprint density at radius 3 is 2.73 bits per heavy atom. The SMILES string of the molecule is CC(C)Oc1ccc(-c2noc(-c3cccc4c3ccn4CCC(O)O)n2)cc1Cl. The number of rotatable bonds is 7. The number of aliphatic hydroxyl groups excluding tert-OH is 1. The van der Waals surface area contributed by atoms with Crippen LogP contribution in [0.2, 0.25) is 5.02 Å². The van der Waals surface area contributed by atoms with Crippen molar-refractivity contribution in [3.8, 4) is 28.6 Å². The van der Waals surface area contributed by atoms with E-state index in [9.17, 15) is 0 Å². The highest BCUT2D eigenvalue weighted by Gasteiger charge is 2.16. The molecule has 156 valence electrons. The van der Waals surface area contributed by atoms with E-state index >= 15 is 0 Å². The van der Waals surface area contributed by atoms with Crippen molar-refractivity contribution in [3.05, 3.63) is 53.7 Å². The third kappa shape index (κ3) is 4.18. The zero-order chi connectivity index (χ0) is 21.3. The van der Waals surface area contributed by atoms with Gasteiger partial charge in [-0.2, -0.15) is 4.98 Å². The first kappa shape index (κ1) is 20.4. The number of aromatic nitrogens is 3. The Morgan fingerprint density at radius 2 is 2.00 bits per heavy atom. The molecule has 0 radical (unpaired) electrons. The Labute approximate surface area is 178 Å². The van der Waals surface area contributed by atoms with Gasteiger partial charge in [0.2, 0.25) is 5.82 Å². The van der Waals surface area contributed by atoms with Crippen molar-refractivity contribution in [1.82, 2.24) is 14.7 Å². The molecule has 0 unspecified atom stereocenters. The molecule has 0 amide bonds. The molecule has 0 aliphatic carbocycles. The lowest BCUT2D eigenvalue weighted by atomic mass is 10.1. The average Bonchev–Trinajstić information content (AvgIpc) is 3.34. The first-order valence-corrected chi connectivity index (χ1v) is 10.0. The fourth-order valence-corrected chi connectivity index (χ4v) is 3.52. The molecular weight excluding hydrogens is 406 g/mol. The van der Waals surface area contributed by atoms with Gasteiger partial charge < -0.3 is 24.0 Å². The predicted octanol–water partition coefficient (Wildman–Crippen LogP) is 4.50. The van der Waals surface area contributed by atoms with E-state index in [0.29, 0.717) is 29.0 Å². The van der Waals surface area contributed by atoms with Gasteiger partial charge in [0, 0.05) is 41.2 Å². The molecule has 2 heterocycles. The third-order valence-corrected chi connectivity index (χ3v) is 4.95. The van der Waals surface area contributed by atoms with Gasteiger partial charge in [-0.3, -0.25) is 0 Å². The molecule has 0 bridgehead atoms. The van der Waals surface area contributed by atoms with Crippen LogP contribution in [0.5, 0.6) is 5.75 Å². The predicted molar refractivity (Wildman–Crippen MR) is 114 cm³/mol. The first-order chi connectivity index (χ1) is 14.4. The van der Waals surface area contributed by atoms with Crippen LogP contribution in [0.3, 0.4) is 0 Å². The summed E-state index contributed by atoms with van der Waals surface area (Å²) in [7, 11) is 0. The summed E-state index contributed by atoms with van der Waals surface area (Å²) in [5, 5.41) is 23.8. The second-order valence-corrected chi connectivity index (χ2v) is 7.66. The first-order valence-electron chi connectivity index (χ1n) is 9.67. The lowest BCUT2D eigenvalue weighted by molar-refractivity contribution is -0.0475. The second kappa shape index (κ2) is 8.47. The summed E-state index contributed by atoms with van der Waals surface area (Å²) in [6.45, 7) is 4.37. The van der Waals surface area contributed by atoms with Gasteiger partial charge in [-0.05, 0) is 50.2 Å². The zero-order valence-corrected chi connectivity index (χ0v) is 17.4. The summed E-state index contributed by atoms with van der Waals surface area (Å²) >= 11 is 6.33. The van der Waals surface area contributed by atoms with E-state index in [0.717, 1.165) is 22.0 Å². The highest BCUT2D eigenvalue weighted by Crippen LogP contribution is 2.33. The monoisotopic (exact) mass is 427 g/mol. The quantitative estimate of drug-likeness (QED) is 0.422. The van der Waals surface area contributed by atoms with Crippen LogP contribution in [0.15, 0.2) is 53.2 Å². The van der Waals surface area contributed by atoms with Crippen molar-refractivity contribution in [1.29, 1.82) is 0 Å². The van der Waals surface area contributed by atoms with E-state index in [1.54, 1.807) is 12.1 Å². The number of halogens is 1. The highest BCUT2D eigenvalue weighted by molar-refractivity contribution is 6.32. The van der Waals surface area contributed by atoms with E-state index in [2.05, 4.69) is 10.1 Å². The van der Waals surface area contributed by atoms with Gasteiger partial charge in [-0.15, -0.1) is 0 Å². The topological polar surface area (TPSA) is 93.5 Å². The fraction of sp³-hybridized carbons (Fsp3) is 0.273. The molecule has 4 rings (SSSR count). The lowest BCUT2D eigenvalue weighted by Crippen LogP contribution is -2.08. The van der Waals surface area contributed by atoms with E-state index < -0.39 is 6.29 Å². The van der Waals surface area contributed by atoms with Crippen LogP contribution >= 0.6 is 11.6 Å². The van der Waals surface area contributed by atoms with Crippen LogP contribution in [0, 0.1) is 0 Å². The zero-order valence-electron chi connectivity index (χ0n) is 16.6. The third-order valence-electron chi connectivity index (χ3n) is 4.65. The van der Waals surface area contributed by atoms with Gasteiger partial charge in [-0.1, -0.05) is 22.8 Å². The number of hydrogen-bond donors (Lipinski definition) is 2. The number of nitrogens with zero attached hydrogens (tertiary/aromatic N) is 3. The van der Waals surface area contributed by atoms with Gasteiger partial charge in [-0.25, -0.2) is 0 Å². The molecule has 0 atom stereocenters. The van der Waals surface area contributed by atoms with Crippen LogP contribution in [0.25, 0.3) is 33.7 Å². The maximum atomic E-state index is 9.14. The summed E-state index contributed by atoms with van der Waals surface area (Å²) in [6, 6.07) is 13.1. The smallest absolute Gasteiger partial charge is 0.258 e. The van der Waals surface area contributed by atoms with Gasteiger partial charge >= 0.3 is 0 Å². The Morgan fingerprint density at radius 1 is 1.17 bits per heavy atom. The summed E-state index contributed by atoms with van der Waals surface area (Å²) in [5.74, 6) is 1.44. The van der Waals surface area contributed by atoms with Crippen molar-refractivity contribution in [3.63, 3.8) is 0 Å². The van der Waals surface area contributed by atoms with Gasteiger partial charge in [0.25, 0.3) is 5.89 Å². The van der Waals surface area contributed by atoms with Gasteiger partial charge in [0.05, 0.1) is 11.1 Å². The standard InChI is InChI=1S/C22H22ClN3O4/c1-13(2)29-19-7-6-14(12-17(19)23)21-24-22(30-25-21)16-4-3-5-18-15(16)8-10-26(18)11-9-20(27)28/h3-8,10,12-13,20,27-28H,9,11H2,1-2H3. The molecular formula is C22H22ClN3O4. The molecule has 0 spiro atoms. The Hall–Kier alpha value is -2.87. The Kier molecular flexibility index (Phi) is 5.76. The fourth-order valence-electron chi connectivity index (χ4n) is 3.30. The Balaban J connectivity index is 1.64. The number of hydrogen-bond acceptors (Lipinski definition) is 6. The maximum absolute atomic E-state index is 9.14. The molecule has 4 aromatic rings. The molecule has 2 aromatic heterocycles. The summed E-state index contributed by atoms with van der Waals surface area (Å²) in [4.78, 5) is 4.55. The number of ether oxygens (including phenoxy) is 1. The molecule has 2 aromatic carbocycles. The number of benzene rings is 2. The van der Waals surface area contributed by atoms with Crippen molar-refractivity contribution in [2.75, 3.05) is 0 Å². The number of aliphatic hydroxyl groups is 2. The average molecular weight is 428 g/mol. The lowest BCUT2D eigenvalue weighted by Gasteiger charge is -2.11. The van der Waals surface area contributed by atoms with Crippen molar-refractivity contribution < 1.29 is 19.5 Å². The number of aryl methyl sites for hydroxylation is 1. The molecule has 2 N–H and O–H groups in total. The molecule has 0 saturated carbocycles. The molecule has 8 heteroatoms. The molecule has 7 nitrogen and oxygen atoms in total. The van der Waals surface area contributed by atoms with Crippen LogP contribution in [0.4, 0.5) is 0 Å². The molecule has 0 saturated heterocycles. The summed E-state index contributed by atoms with van der Waals surface area (Å²) in [5.41, 5.74) is 2.49. The molecule has 0 aliphatic rings. The minimum Gasteiger partial charge on any atom is -0.489 e. The van der Waals surface area contributed by atoms with Gasteiger partial charge in [0.1, 0.15) is 5.75 Å². The summed E-state index contributed by atoms with van der Waals surface area (Å²) in [6.07, 6.45) is 0.837. The van der Waals surface area contributed by atoms with E-state index in [4.69, 9.17) is 31.1 Å². The molecule has 30 heavy (non-hydrogen) atoms.